The molecule has 0 spiro atoms. The van der Waals surface area contributed by atoms with Crippen molar-refractivity contribution in [2.24, 2.45) is 0 Å². The van der Waals surface area contributed by atoms with E-state index in [1.54, 1.807) is 61.5 Å². The van der Waals surface area contributed by atoms with Gasteiger partial charge in [0.15, 0.2) is 16.6 Å². The Morgan fingerprint density at radius 1 is 1.08 bits per heavy atom. The topological polar surface area (TPSA) is 109 Å². The van der Waals surface area contributed by atoms with Gasteiger partial charge < -0.3 is 19.7 Å². The van der Waals surface area contributed by atoms with Gasteiger partial charge in [0.2, 0.25) is 0 Å². The van der Waals surface area contributed by atoms with Crippen LogP contribution in [0.1, 0.15) is 37.4 Å². The number of Topliss-reactive ketones (excluding diaryl/α,β-unsaturated/α-hetero) is 1. The van der Waals surface area contributed by atoms with Crippen LogP contribution >= 0.6 is 22.9 Å². The van der Waals surface area contributed by atoms with Crippen molar-refractivity contribution in [1.82, 2.24) is 4.98 Å². The molecule has 2 N–H and O–H groups in total. The molecule has 5 rings (SSSR count). The lowest BCUT2D eigenvalue weighted by Gasteiger charge is -2.23. The van der Waals surface area contributed by atoms with Crippen LogP contribution in [0.15, 0.2) is 66.2 Å². The summed E-state index contributed by atoms with van der Waals surface area (Å²) in [6.45, 7) is 4.54. The van der Waals surface area contributed by atoms with Crippen LogP contribution in [0.5, 0.6) is 17.2 Å². The number of carbonyl (C=O) groups is 2. The zero-order chi connectivity index (χ0) is 27.7. The molecule has 8 nitrogen and oxygen atoms in total. The summed E-state index contributed by atoms with van der Waals surface area (Å²) in [5.74, 6) is -1.42. The number of fused-ring (bicyclic) bond motifs is 1. The lowest BCUT2D eigenvalue weighted by molar-refractivity contribution is -0.132. The number of hydrogen-bond donors (Lipinski definition) is 2. The number of halogens is 1. The molecule has 1 aliphatic rings. The Balaban J connectivity index is 1.70. The van der Waals surface area contributed by atoms with Gasteiger partial charge in [-0.3, -0.25) is 14.5 Å². The minimum atomic E-state index is -1.04. The largest absolute Gasteiger partial charge is 0.507 e. The van der Waals surface area contributed by atoms with E-state index in [1.807, 2.05) is 6.92 Å². The predicted octanol–water partition coefficient (Wildman–Crippen LogP) is 6.47. The van der Waals surface area contributed by atoms with Crippen LogP contribution < -0.4 is 14.4 Å². The zero-order valence-corrected chi connectivity index (χ0v) is 22.8. The number of aromatic hydroxyl groups is 1. The third-order valence-corrected chi connectivity index (χ3v) is 7.42. The molecule has 1 aliphatic heterocycles. The Bertz CT molecular complexity index is 1610. The van der Waals surface area contributed by atoms with E-state index in [4.69, 9.17) is 21.1 Å². The quantitative estimate of drug-likeness (QED) is 0.143. The predicted molar refractivity (Wildman–Crippen MR) is 151 cm³/mol. The number of ketones is 1. The molecular weight excluding hydrogens is 540 g/mol. The highest BCUT2D eigenvalue weighted by atomic mass is 35.5. The van der Waals surface area contributed by atoms with Crippen LogP contribution in [0.2, 0.25) is 5.02 Å². The van der Waals surface area contributed by atoms with Crippen molar-refractivity contribution in [3.05, 3.63) is 82.4 Å². The number of benzene rings is 3. The number of amides is 1. The molecule has 0 radical (unpaired) electrons. The summed E-state index contributed by atoms with van der Waals surface area (Å²) in [5.41, 5.74) is 1.28. The van der Waals surface area contributed by atoms with E-state index in [0.29, 0.717) is 40.6 Å². The van der Waals surface area contributed by atoms with Crippen molar-refractivity contribution in [3.8, 4) is 17.2 Å². The Hall–Kier alpha value is -4.08. The molecular formula is C29H25ClN2O6S. The van der Waals surface area contributed by atoms with Crippen molar-refractivity contribution in [2.75, 3.05) is 18.1 Å². The summed E-state index contributed by atoms with van der Waals surface area (Å²) in [6, 6.07) is 15.4. The number of ether oxygens (including phenoxy) is 2. The molecule has 0 saturated carbocycles. The van der Waals surface area contributed by atoms with Gasteiger partial charge in [-0.05, 0) is 61.4 Å². The standard InChI is InChI=1S/C29H25ClN2O6S/c1-3-12-38-19-7-5-6-17(13-19)26(34)24-25(16-8-11-21(33)22(14-16)37-4-2)32(28(36)27(24)35)29-31-20-10-9-18(30)15-23(20)39-29/h5-11,13-15,25,33-34H,3-4,12H2,1-2H3. The molecule has 1 fully saturated rings. The van der Waals surface area contributed by atoms with Crippen molar-refractivity contribution >= 4 is 55.7 Å². The Morgan fingerprint density at radius 3 is 2.67 bits per heavy atom. The van der Waals surface area contributed by atoms with E-state index in [-0.39, 0.29) is 28.0 Å². The van der Waals surface area contributed by atoms with Gasteiger partial charge >= 0.3 is 5.91 Å². The number of thiazole rings is 1. The number of hydrogen-bond acceptors (Lipinski definition) is 8. The molecule has 1 atom stereocenters. The first kappa shape index (κ1) is 26.5. The number of aliphatic hydroxyl groups is 1. The minimum Gasteiger partial charge on any atom is -0.507 e. The second-order valence-corrected chi connectivity index (χ2v) is 10.3. The summed E-state index contributed by atoms with van der Waals surface area (Å²) in [6.07, 6.45) is 0.803. The number of phenolic OH excluding ortho intramolecular Hbond substituents is 1. The average molecular weight is 565 g/mol. The lowest BCUT2D eigenvalue weighted by atomic mass is 9.95. The van der Waals surface area contributed by atoms with Gasteiger partial charge in [-0.2, -0.15) is 0 Å². The van der Waals surface area contributed by atoms with Crippen LogP contribution in [0.3, 0.4) is 0 Å². The molecule has 39 heavy (non-hydrogen) atoms. The van der Waals surface area contributed by atoms with Crippen molar-refractivity contribution in [3.63, 3.8) is 0 Å². The molecule has 1 aromatic heterocycles. The van der Waals surface area contributed by atoms with E-state index in [2.05, 4.69) is 4.98 Å². The van der Waals surface area contributed by atoms with Crippen molar-refractivity contribution in [1.29, 1.82) is 0 Å². The fraction of sp³-hybridized carbons (Fsp3) is 0.207. The van der Waals surface area contributed by atoms with Crippen LogP contribution in [-0.4, -0.2) is 40.1 Å². The molecule has 3 aromatic carbocycles. The van der Waals surface area contributed by atoms with Crippen LogP contribution in [-0.2, 0) is 9.59 Å². The van der Waals surface area contributed by atoms with Crippen LogP contribution in [0, 0.1) is 0 Å². The lowest BCUT2D eigenvalue weighted by Crippen LogP contribution is -2.29. The third kappa shape index (κ3) is 5.03. The SMILES string of the molecule is CCCOc1cccc(C(O)=C2C(=O)C(=O)N(c3nc4ccc(Cl)cc4s3)C2c2ccc(O)c(OCC)c2)c1. The monoisotopic (exact) mass is 564 g/mol. The molecule has 1 unspecified atom stereocenters. The van der Waals surface area contributed by atoms with E-state index < -0.39 is 17.7 Å². The van der Waals surface area contributed by atoms with Gasteiger partial charge in [0, 0.05) is 10.6 Å². The maximum Gasteiger partial charge on any atom is 0.301 e. The Kier molecular flexibility index (Phi) is 7.45. The number of rotatable bonds is 8. The highest BCUT2D eigenvalue weighted by Crippen LogP contribution is 2.46. The normalized spacial score (nSPS) is 16.7. The highest BCUT2D eigenvalue weighted by Gasteiger charge is 2.48. The van der Waals surface area contributed by atoms with Crippen molar-refractivity contribution in [2.45, 2.75) is 26.3 Å². The molecule has 200 valence electrons. The number of anilines is 1. The molecule has 1 saturated heterocycles. The van der Waals surface area contributed by atoms with Gasteiger partial charge in [0.05, 0.1) is 35.0 Å². The number of aromatic nitrogens is 1. The maximum atomic E-state index is 13.5. The van der Waals surface area contributed by atoms with Gasteiger partial charge in [0.25, 0.3) is 5.78 Å². The second-order valence-electron chi connectivity index (χ2n) is 8.81. The molecule has 10 heteroatoms. The summed E-state index contributed by atoms with van der Waals surface area (Å²) in [7, 11) is 0. The van der Waals surface area contributed by atoms with Gasteiger partial charge in [-0.25, -0.2) is 4.98 Å². The number of phenols is 1. The summed E-state index contributed by atoms with van der Waals surface area (Å²) in [5, 5.41) is 22.6. The number of nitrogens with zero attached hydrogens (tertiary/aromatic N) is 2. The van der Waals surface area contributed by atoms with Gasteiger partial charge in [0.1, 0.15) is 11.5 Å². The van der Waals surface area contributed by atoms with E-state index in [0.717, 1.165) is 11.1 Å². The average Bonchev–Trinajstić information content (AvgIpc) is 3.46. The molecule has 4 aromatic rings. The molecule has 1 amide bonds. The zero-order valence-electron chi connectivity index (χ0n) is 21.2. The Morgan fingerprint density at radius 2 is 1.90 bits per heavy atom. The van der Waals surface area contributed by atoms with E-state index >= 15 is 0 Å². The highest BCUT2D eigenvalue weighted by molar-refractivity contribution is 7.22. The van der Waals surface area contributed by atoms with Gasteiger partial charge in [-0.1, -0.05) is 48.1 Å². The smallest absolute Gasteiger partial charge is 0.301 e. The van der Waals surface area contributed by atoms with Crippen LogP contribution in [0.25, 0.3) is 16.0 Å². The summed E-state index contributed by atoms with van der Waals surface area (Å²) in [4.78, 5) is 32.9. The number of carbonyl (C=O) groups excluding carboxylic acids is 2. The van der Waals surface area contributed by atoms with Crippen molar-refractivity contribution < 1.29 is 29.3 Å². The van der Waals surface area contributed by atoms with Crippen LogP contribution in [0.4, 0.5) is 5.13 Å². The summed E-state index contributed by atoms with van der Waals surface area (Å²) < 4.78 is 12.0. The van der Waals surface area contributed by atoms with E-state index in [9.17, 15) is 19.8 Å². The Labute approximate surface area is 233 Å². The molecule has 0 bridgehead atoms. The third-order valence-electron chi connectivity index (χ3n) is 6.17. The first-order valence-corrected chi connectivity index (χ1v) is 13.6. The second kappa shape index (κ2) is 11.0. The summed E-state index contributed by atoms with van der Waals surface area (Å²) >= 11 is 7.36. The fourth-order valence-corrected chi connectivity index (χ4v) is 5.68. The molecule has 0 aliphatic carbocycles. The minimum absolute atomic E-state index is 0.0899. The van der Waals surface area contributed by atoms with E-state index in [1.165, 1.54) is 22.3 Å². The maximum absolute atomic E-state index is 13.5. The first-order chi connectivity index (χ1) is 18.8. The number of aliphatic hydroxyl groups excluding tert-OH is 1. The fourth-order valence-electron chi connectivity index (χ4n) is 4.42. The van der Waals surface area contributed by atoms with Gasteiger partial charge in [-0.15, -0.1) is 0 Å². The molecule has 2 heterocycles. The first-order valence-electron chi connectivity index (χ1n) is 12.4.